The molecule has 0 heterocycles. The molecule has 0 saturated carbocycles. The van der Waals surface area contributed by atoms with Gasteiger partial charge < -0.3 is 0 Å². The quantitative estimate of drug-likeness (QED) is 0.708. The molecule has 1 aromatic rings. The average molecular weight is 296 g/mol. The highest BCUT2D eigenvalue weighted by Gasteiger charge is 2.32. The first-order chi connectivity index (χ1) is 8.25. The van der Waals surface area contributed by atoms with Gasteiger partial charge in [-0.25, -0.2) is 0 Å². The Morgan fingerprint density at radius 2 is 1.78 bits per heavy atom. The van der Waals surface area contributed by atoms with Gasteiger partial charge in [0.25, 0.3) is 0 Å². The maximum atomic E-state index is 12.4. The van der Waals surface area contributed by atoms with Crippen molar-refractivity contribution in [2.24, 2.45) is 10.2 Å². The predicted octanol–water partition coefficient (Wildman–Crippen LogP) is 5.01. The Bertz CT molecular complexity index is 497. The smallest absolute Gasteiger partial charge is 0.196 e. The molecule has 3 nitrogen and oxygen atoms in total. The number of benzene rings is 1. The van der Waals surface area contributed by atoms with E-state index >= 15 is 0 Å². The zero-order valence-corrected chi connectivity index (χ0v) is 10.5. The molecule has 1 atom stereocenters. The Balaban J connectivity index is 3.18. The molecule has 0 bridgehead atoms. The number of alkyl halides is 3. The normalized spacial score (nSPS) is 13.6. The minimum atomic E-state index is -4.54. The van der Waals surface area contributed by atoms with E-state index in [4.69, 9.17) is 28.5 Å². The van der Waals surface area contributed by atoms with Crippen molar-refractivity contribution >= 4 is 28.9 Å². The number of rotatable bonds is 2. The first-order valence-corrected chi connectivity index (χ1v) is 5.38. The molecule has 0 saturated heterocycles. The van der Waals surface area contributed by atoms with Gasteiger partial charge in [-0.3, -0.25) is 0 Å². The van der Waals surface area contributed by atoms with Crippen LogP contribution in [-0.2, 0) is 6.18 Å². The van der Waals surface area contributed by atoms with Crippen LogP contribution >= 0.6 is 23.2 Å². The summed E-state index contributed by atoms with van der Waals surface area (Å²) < 4.78 is 37.3. The predicted molar refractivity (Wildman–Crippen MR) is 61.1 cm³/mol. The maximum absolute atomic E-state index is 12.4. The molecular weight excluding hydrogens is 290 g/mol. The molecule has 1 rings (SSSR count). The molecule has 18 heavy (non-hydrogen) atoms. The Kier molecular flexibility index (Phi) is 4.54. The van der Waals surface area contributed by atoms with E-state index in [9.17, 15) is 13.2 Å². The van der Waals surface area contributed by atoms with Crippen molar-refractivity contribution in [2.45, 2.75) is 19.1 Å². The summed E-state index contributed by atoms with van der Waals surface area (Å²) in [5, 5.41) is 15.0. The molecule has 1 aromatic carbocycles. The summed E-state index contributed by atoms with van der Waals surface area (Å²) in [5.41, 5.74) is -1.06. The number of nitrogens with zero attached hydrogens (tertiary/aromatic N) is 3. The van der Waals surface area contributed by atoms with Crippen LogP contribution in [0.2, 0.25) is 10.0 Å². The number of azo groups is 1. The number of halogens is 5. The van der Waals surface area contributed by atoms with E-state index < -0.39 is 17.8 Å². The second-order valence-electron chi connectivity index (χ2n) is 3.31. The monoisotopic (exact) mass is 295 g/mol. The molecule has 0 spiro atoms. The lowest BCUT2D eigenvalue weighted by atomic mass is 10.2. The second-order valence-corrected chi connectivity index (χ2v) is 4.12. The zero-order valence-electron chi connectivity index (χ0n) is 8.96. The largest absolute Gasteiger partial charge is 0.416 e. The van der Waals surface area contributed by atoms with E-state index in [1.54, 1.807) is 6.07 Å². The van der Waals surface area contributed by atoms with Gasteiger partial charge in [0.2, 0.25) is 0 Å². The fourth-order valence-electron chi connectivity index (χ4n) is 0.995. The van der Waals surface area contributed by atoms with Crippen molar-refractivity contribution in [3.05, 3.63) is 27.7 Å². The topological polar surface area (TPSA) is 48.5 Å². The highest BCUT2D eigenvalue weighted by molar-refractivity contribution is 6.38. The van der Waals surface area contributed by atoms with Gasteiger partial charge >= 0.3 is 6.18 Å². The van der Waals surface area contributed by atoms with Crippen LogP contribution in [-0.4, -0.2) is 6.04 Å². The first kappa shape index (κ1) is 14.7. The minimum Gasteiger partial charge on any atom is -0.196 e. The molecule has 0 radical (unpaired) electrons. The van der Waals surface area contributed by atoms with Crippen molar-refractivity contribution in [2.75, 3.05) is 0 Å². The van der Waals surface area contributed by atoms with Gasteiger partial charge in [-0.2, -0.15) is 28.7 Å². The fraction of sp³-hybridized carbons (Fsp3) is 0.300. The van der Waals surface area contributed by atoms with Crippen LogP contribution in [0.15, 0.2) is 22.4 Å². The molecule has 0 aliphatic heterocycles. The van der Waals surface area contributed by atoms with Gasteiger partial charge in [-0.1, -0.05) is 23.2 Å². The van der Waals surface area contributed by atoms with E-state index in [-0.39, 0.29) is 15.7 Å². The lowest BCUT2D eigenvalue weighted by Gasteiger charge is -2.09. The standard InChI is InChI=1S/C10H6Cl2F3N3/c1-5(4-16)17-18-9-7(11)2-6(3-8(9)12)10(13,14)15/h2-3,5H,1H3. The molecule has 0 aliphatic carbocycles. The molecule has 0 aromatic heterocycles. The number of hydrogen-bond donors (Lipinski definition) is 0. The lowest BCUT2D eigenvalue weighted by molar-refractivity contribution is -0.137. The van der Waals surface area contributed by atoms with E-state index in [1.807, 2.05) is 0 Å². The summed E-state index contributed by atoms with van der Waals surface area (Å²) in [6, 6.07) is 2.46. The summed E-state index contributed by atoms with van der Waals surface area (Å²) >= 11 is 11.3. The van der Waals surface area contributed by atoms with Gasteiger partial charge in [0, 0.05) is 0 Å². The molecule has 8 heteroatoms. The van der Waals surface area contributed by atoms with Crippen LogP contribution in [0.3, 0.4) is 0 Å². The van der Waals surface area contributed by atoms with Crippen LogP contribution in [0.25, 0.3) is 0 Å². The molecule has 1 unspecified atom stereocenters. The molecule has 0 fully saturated rings. The third kappa shape index (κ3) is 3.59. The lowest BCUT2D eigenvalue weighted by Crippen LogP contribution is -2.04. The van der Waals surface area contributed by atoms with E-state index in [2.05, 4.69) is 10.2 Å². The Labute approximate surface area is 111 Å². The third-order valence-electron chi connectivity index (χ3n) is 1.86. The summed E-state index contributed by atoms with van der Waals surface area (Å²) in [4.78, 5) is 0. The number of nitriles is 1. The Morgan fingerprint density at radius 3 is 2.17 bits per heavy atom. The molecule has 0 N–H and O–H groups in total. The van der Waals surface area contributed by atoms with E-state index in [0.29, 0.717) is 12.1 Å². The van der Waals surface area contributed by atoms with Crippen LogP contribution in [0.1, 0.15) is 12.5 Å². The van der Waals surface area contributed by atoms with Crippen LogP contribution in [0.5, 0.6) is 0 Å². The van der Waals surface area contributed by atoms with Gasteiger partial charge in [-0.15, -0.1) is 0 Å². The van der Waals surface area contributed by atoms with Crippen LogP contribution in [0.4, 0.5) is 18.9 Å². The van der Waals surface area contributed by atoms with Crippen molar-refractivity contribution in [3.63, 3.8) is 0 Å². The third-order valence-corrected chi connectivity index (χ3v) is 2.44. The average Bonchev–Trinajstić information content (AvgIpc) is 2.26. The summed E-state index contributed by atoms with van der Waals surface area (Å²) in [7, 11) is 0. The molecule has 0 aliphatic rings. The van der Waals surface area contributed by atoms with Gasteiger partial charge in [0.05, 0.1) is 21.7 Å². The fourth-order valence-corrected chi connectivity index (χ4v) is 1.56. The highest BCUT2D eigenvalue weighted by atomic mass is 35.5. The first-order valence-electron chi connectivity index (χ1n) is 4.62. The highest BCUT2D eigenvalue weighted by Crippen LogP contribution is 2.40. The Hall–Kier alpha value is -1.32. The van der Waals surface area contributed by atoms with Crippen LogP contribution < -0.4 is 0 Å². The van der Waals surface area contributed by atoms with E-state index in [1.165, 1.54) is 6.92 Å². The molecule has 0 amide bonds. The zero-order chi connectivity index (χ0) is 13.9. The van der Waals surface area contributed by atoms with Gasteiger partial charge in [-0.05, 0) is 19.1 Å². The Morgan fingerprint density at radius 1 is 1.28 bits per heavy atom. The summed E-state index contributed by atoms with van der Waals surface area (Å²) in [6.45, 7) is 1.47. The van der Waals surface area contributed by atoms with Crippen molar-refractivity contribution in [1.82, 2.24) is 0 Å². The molecule has 96 valence electrons. The SMILES string of the molecule is CC(C#N)N=Nc1c(Cl)cc(C(F)(F)F)cc1Cl. The number of hydrogen-bond acceptors (Lipinski definition) is 3. The van der Waals surface area contributed by atoms with Crippen molar-refractivity contribution in [1.29, 1.82) is 5.26 Å². The van der Waals surface area contributed by atoms with Crippen molar-refractivity contribution in [3.8, 4) is 6.07 Å². The minimum absolute atomic E-state index is 0.0894. The summed E-state index contributed by atoms with van der Waals surface area (Å²) in [5.74, 6) is 0. The van der Waals surface area contributed by atoms with Crippen molar-refractivity contribution < 1.29 is 13.2 Å². The summed E-state index contributed by atoms with van der Waals surface area (Å²) in [6.07, 6.45) is -4.54. The maximum Gasteiger partial charge on any atom is 0.416 e. The molecular formula is C10H6Cl2F3N3. The van der Waals surface area contributed by atoms with Crippen LogP contribution in [0, 0.1) is 11.3 Å². The van der Waals surface area contributed by atoms with Gasteiger partial charge in [0.1, 0.15) is 5.69 Å². The second kappa shape index (κ2) is 5.55. The van der Waals surface area contributed by atoms with E-state index in [0.717, 1.165) is 0 Å². The van der Waals surface area contributed by atoms with Gasteiger partial charge in [0.15, 0.2) is 6.04 Å².